The Balaban J connectivity index is 1.44. The number of nitrogens with one attached hydrogen (secondary N) is 1. The maximum absolute atomic E-state index is 13.4. The molecule has 0 saturated carbocycles. The molecule has 2 unspecified atom stereocenters. The molecule has 2 aliphatic heterocycles. The van der Waals surface area contributed by atoms with Crippen molar-refractivity contribution in [3.8, 4) is 5.69 Å². The predicted molar refractivity (Wildman–Crippen MR) is 111 cm³/mol. The number of carbonyl (C=O) groups is 2. The third kappa shape index (κ3) is 3.22. The van der Waals surface area contributed by atoms with Crippen LogP contribution >= 0.6 is 0 Å². The van der Waals surface area contributed by atoms with Gasteiger partial charge in [0, 0.05) is 43.1 Å². The number of piperidine rings is 1. The van der Waals surface area contributed by atoms with Crippen molar-refractivity contribution >= 4 is 22.7 Å². The van der Waals surface area contributed by atoms with Crippen molar-refractivity contribution in [2.75, 3.05) is 13.1 Å². The summed E-state index contributed by atoms with van der Waals surface area (Å²) in [4.78, 5) is 31.4. The molecule has 2 amide bonds. The van der Waals surface area contributed by atoms with Gasteiger partial charge in [-0.25, -0.2) is 4.68 Å². The van der Waals surface area contributed by atoms with Gasteiger partial charge in [0.05, 0.1) is 16.9 Å². The lowest BCUT2D eigenvalue weighted by molar-refractivity contribution is -0.119. The molecule has 5 rings (SSSR count). The smallest absolute Gasteiger partial charge is 0.276 e. The molecule has 0 aliphatic carbocycles. The zero-order valence-electron chi connectivity index (χ0n) is 16.9. The quantitative estimate of drug-likeness (QED) is 0.723. The van der Waals surface area contributed by atoms with Gasteiger partial charge in [0.1, 0.15) is 0 Å². The SMILES string of the molecule is Cc1c(C(=O)N2CCCCC2C2CNC(=O)C2)nnn1-c1ccc2ncccc2c1. The molecule has 0 radical (unpaired) electrons. The minimum absolute atomic E-state index is 0.0708. The van der Waals surface area contributed by atoms with Crippen molar-refractivity contribution in [2.45, 2.75) is 38.6 Å². The standard InChI is InChI=1S/C22H24N6O2/c1-14-21(22(30)27-10-3-2-6-19(27)16-12-20(29)24-13-16)25-26-28(14)17-7-8-18-15(11-17)5-4-9-23-18/h4-5,7-9,11,16,19H,2-3,6,10,12-13H2,1H3,(H,24,29). The molecule has 30 heavy (non-hydrogen) atoms. The third-order valence-electron chi connectivity index (χ3n) is 6.29. The lowest BCUT2D eigenvalue weighted by Gasteiger charge is -2.38. The molecule has 0 spiro atoms. The highest BCUT2D eigenvalue weighted by molar-refractivity contribution is 5.94. The highest BCUT2D eigenvalue weighted by atomic mass is 16.2. The normalized spacial score (nSPS) is 21.8. The topological polar surface area (TPSA) is 93.0 Å². The summed E-state index contributed by atoms with van der Waals surface area (Å²) in [6, 6.07) is 9.84. The van der Waals surface area contributed by atoms with Gasteiger partial charge in [-0.2, -0.15) is 0 Å². The summed E-state index contributed by atoms with van der Waals surface area (Å²) in [5, 5.41) is 12.4. The number of hydrogen-bond donors (Lipinski definition) is 1. The van der Waals surface area contributed by atoms with Crippen LogP contribution in [0.4, 0.5) is 0 Å². The van der Waals surface area contributed by atoms with E-state index in [1.807, 2.05) is 42.2 Å². The zero-order valence-corrected chi connectivity index (χ0v) is 16.9. The van der Waals surface area contributed by atoms with Crippen LogP contribution in [0.15, 0.2) is 36.5 Å². The Labute approximate surface area is 174 Å². The van der Waals surface area contributed by atoms with Crippen LogP contribution in [0.5, 0.6) is 0 Å². The Bertz CT molecular complexity index is 1120. The molecule has 1 N–H and O–H groups in total. The van der Waals surface area contributed by atoms with Crippen LogP contribution in [-0.4, -0.2) is 55.8 Å². The van der Waals surface area contributed by atoms with E-state index in [-0.39, 0.29) is 23.8 Å². The maximum Gasteiger partial charge on any atom is 0.276 e. The molecular weight excluding hydrogens is 380 g/mol. The summed E-state index contributed by atoms with van der Waals surface area (Å²) in [6.07, 6.45) is 5.24. The van der Waals surface area contributed by atoms with Crippen molar-refractivity contribution < 1.29 is 9.59 Å². The van der Waals surface area contributed by atoms with E-state index in [4.69, 9.17) is 0 Å². The molecule has 154 valence electrons. The minimum Gasteiger partial charge on any atom is -0.356 e. The first-order valence-corrected chi connectivity index (χ1v) is 10.5. The highest BCUT2D eigenvalue weighted by Crippen LogP contribution is 2.29. The van der Waals surface area contributed by atoms with Gasteiger partial charge in [0.25, 0.3) is 5.91 Å². The first kappa shape index (κ1) is 18.7. The van der Waals surface area contributed by atoms with Crippen LogP contribution in [0.3, 0.4) is 0 Å². The monoisotopic (exact) mass is 404 g/mol. The maximum atomic E-state index is 13.4. The number of aromatic nitrogens is 4. The lowest BCUT2D eigenvalue weighted by Crippen LogP contribution is -2.48. The molecule has 1 aromatic carbocycles. The molecule has 2 atom stereocenters. The van der Waals surface area contributed by atoms with E-state index in [1.165, 1.54) is 0 Å². The number of benzene rings is 1. The van der Waals surface area contributed by atoms with Gasteiger partial charge >= 0.3 is 0 Å². The van der Waals surface area contributed by atoms with E-state index >= 15 is 0 Å². The first-order valence-electron chi connectivity index (χ1n) is 10.5. The Morgan fingerprint density at radius 3 is 2.97 bits per heavy atom. The van der Waals surface area contributed by atoms with Crippen LogP contribution in [0.2, 0.25) is 0 Å². The van der Waals surface area contributed by atoms with Crippen LogP contribution in [-0.2, 0) is 4.79 Å². The average molecular weight is 404 g/mol. The fourth-order valence-corrected chi connectivity index (χ4v) is 4.70. The van der Waals surface area contributed by atoms with Gasteiger partial charge in [-0.15, -0.1) is 5.10 Å². The fourth-order valence-electron chi connectivity index (χ4n) is 4.70. The van der Waals surface area contributed by atoms with Gasteiger partial charge < -0.3 is 10.2 Å². The molecule has 2 fully saturated rings. The Morgan fingerprint density at radius 1 is 1.23 bits per heavy atom. The number of rotatable bonds is 3. The summed E-state index contributed by atoms with van der Waals surface area (Å²) < 4.78 is 1.71. The molecular formula is C22H24N6O2. The summed E-state index contributed by atoms with van der Waals surface area (Å²) in [5.41, 5.74) is 2.85. The third-order valence-corrected chi connectivity index (χ3v) is 6.29. The molecule has 2 aliphatic rings. The van der Waals surface area contributed by atoms with Crippen molar-refractivity contribution in [1.82, 2.24) is 30.2 Å². The molecule has 0 bridgehead atoms. The molecule has 8 heteroatoms. The van der Waals surface area contributed by atoms with Crippen molar-refractivity contribution in [1.29, 1.82) is 0 Å². The van der Waals surface area contributed by atoms with E-state index in [0.717, 1.165) is 35.9 Å². The average Bonchev–Trinajstić information content (AvgIpc) is 3.38. The highest BCUT2D eigenvalue weighted by Gasteiger charge is 2.38. The van der Waals surface area contributed by atoms with Gasteiger partial charge in [0.15, 0.2) is 5.69 Å². The second-order valence-electron chi connectivity index (χ2n) is 8.15. The largest absolute Gasteiger partial charge is 0.356 e. The van der Waals surface area contributed by atoms with Crippen molar-refractivity contribution in [3.05, 3.63) is 47.9 Å². The number of carbonyl (C=O) groups excluding carboxylic acids is 2. The van der Waals surface area contributed by atoms with Gasteiger partial charge in [0.2, 0.25) is 5.91 Å². The van der Waals surface area contributed by atoms with Crippen LogP contribution in [0.25, 0.3) is 16.6 Å². The number of pyridine rings is 1. The lowest BCUT2D eigenvalue weighted by atomic mass is 9.89. The number of amides is 2. The second-order valence-corrected chi connectivity index (χ2v) is 8.15. The van der Waals surface area contributed by atoms with Crippen LogP contribution in [0, 0.1) is 12.8 Å². The van der Waals surface area contributed by atoms with E-state index < -0.39 is 0 Å². The number of likely N-dealkylation sites (tertiary alicyclic amines) is 1. The molecule has 3 aromatic rings. The van der Waals surface area contributed by atoms with Crippen molar-refractivity contribution in [3.63, 3.8) is 0 Å². The number of hydrogen-bond acceptors (Lipinski definition) is 5. The second kappa shape index (κ2) is 7.51. The Hall–Kier alpha value is -3.29. The molecule has 2 saturated heterocycles. The Morgan fingerprint density at radius 2 is 2.13 bits per heavy atom. The first-order chi connectivity index (χ1) is 14.6. The Kier molecular flexibility index (Phi) is 4.69. The van der Waals surface area contributed by atoms with Crippen LogP contribution < -0.4 is 5.32 Å². The molecule has 4 heterocycles. The summed E-state index contributed by atoms with van der Waals surface area (Å²) in [5.74, 6) is 0.154. The molecule has 8 nitrogen and oxygen atoms in total. The summed E-state index contributed by atoms with van der Waals surface area (Å²) >= 11 is 0. The van der Waals surface area contributed by atoms with Gasteiger partial charge in [-0.1, -0.05) is 11.3 Å². The van der Waals surface area contributed by atoms with E-state index in [2.05, 4.69) is 20.6 Å². The number of fused-ring (bicyclic) bond motifs is 1. The van der Waals surface area contributed by atoms with E-state index in [9.17, 15) is 9.59 Å². The van der Waals surface area contributed by atoms with E-state index in [1.54, 1.807) is 10.9 Å². The number of nitrogens with zero attached hydrogens (tertiary/aromatic N) is 5. The van der Waals surface area contributed by atoms with E-state index in [0.29, 0.717) is 30.9 Å². The predicted octanol–water partition coefficient (Wildman–Crippen LogP) is 2.25. The minimum atomic E-state index is -0.0924. The summed E-state index contributed by atoms with van der Waals surface area (Å²) in [6.45, 7) is 3.21. The summed E-state index contributed by atoms with van der Waals surface area (Å²) in [7, 11) is 0. The zero-order chi connectivity index (χ0) is 20.7. The van der Waals surface area contributed by atoms with Crippen molar-refractivity contribution in [2.24, 2.45) is 5.92 Å². The molecule has 2 aromatic heterocycles. The van der Waals surface area contributed by atoms with Gasteiger partial charge in [-0.05, 0) is 50.5 Å². The van der Waals surface area contributed by atoms with Crippen LogP contribution in [0.1, 0.15) is 41.9 Å². The van der Waals surface area contributed by atoms with Gasteiger partial charge in [-0.3, -0.25) is 14.6 Å². The fraction of sp³-hybridized carbons (Fsp3) is 0.409.